The number of aliphatic hydroxyl groups excluding tert-OH is 1. The van der Waals surface area contributed by atoms with Crippen molar-refractivity contribution in [2.75, 3.05) is 39.6 Å². The Hall–Kier alpha value is -6.36. The first kappa shape index (κ1) is 102. The molecule has 0 saturated carbocycles. The van der Waals surface area contributed by atoms with Crippen LogP contribution in [0, 0.1) is 0 Å². The average molecular weight is 1540 g/mol. The first-order valence-electron chi connectivity index (χ1n) is 40.3. The summed E-state index contributed by atoms with van der Waals surface area (Å²) < 4.78 is 68.5. The van der Waals surface area contributed by atoms with Gasteiger partial charge >= 0.3 is 39.5 Å². The molecule has 0 amide bonds. The number of unbranched alkanes of at least 4 members (excludes halogenated alkanes) is 13. The van der Waals surface area contributed by atoms with E-state index in [1.807, 2.05) is 18.2 Å². The molecule has 0 aliphatic heterocycles. The van der Waals surface area contributed by atoms with Crippen molar-refractivity contribution in [2.24, 2.45) is 0 Å². The number of carbonyl (C=O) groups is 4. The Morgan fingerprint density at radius 3 is 0.815 bits per heavy atom. The van der Waals surface area contributed by atoms with Crippen molar-refractivity contribution in [3.8, 4) is 0 Å². The van der Waals surface area contributed by atoms with Gasteiger partial charge in [-0.15, -0.1) is 0 Å². The molecule has 3 N–H and O–H groups in total. The van der Waals surface area contributed by atoms with E-state index in [0.29, 0.717) is 32.1 Å². The number of esters is 4. The number of hydrogen-bond donors (Lipinski definition) is 3. The molecule has 0 radical (unpaired) electrons. The summed E-state index contributed by atoms with van der Waals surface area (Å²) >= 11 is 0. The third-order valence-electron chi connectivity index (χ3n) is 15.7. The normalized spacial score (nSPS) is 14.9. The molecule has 0 fully saturated rings. The Labute approximate surface area is 652 Å². The molecule has 108 heavy (non-hydrogen) atoms. The number of carbonyl (C=O) groups excluding carboxylic acids is 4. The number of ether oxygens (including phenoxy) is 4. The van der Waals surface area contributed by atoms with Crippen molar-refractivity contribution >= 4 is 39.5 Å². The van der Waals surface area contributed by atoms with Gasteiger partial charge in [0, 0.05) is 25.7 Å². The zero-order valence-corrected chi connectivity index (χ0v) is 68.2. The van der Waals surface area contributed by atoms with Crippen LogP contribution in [0.1, 0.15) is 272 Å². The van der Waals surface area contributed by atoms with Gasteiger partial charge in [0.2, 0.25) is 0 Å². The summed E-state index contributed by atoms with van der Waals surface area (Å²) in [5.74, 6) is -2.38. The molecule has 17 nitrogen and oxygen atoms in total. The second kappa shape index (κ2) is 78.8. The second-order valence-electron chi connectivity index (χ2n) is 25.9. The molecule has 0 spiro atoms. The quantitative estimate of drug-likeness (QED) is 0.0169. The fourth-order valence-electron chi connectivity index (χ4n) is 9.69. The molecule has 5 atom stereocenters. The lowest BCUT2D eigenvalue weighted by Crippen LogP contribution is -2.30. The summed E-state index contributed by atoms with van der Waals surface area (Å²) in [6.45, 7) is 4.28. The highest BCUT2D eigenvalue weighted by atomic mass is 31.2. The highest BCUT2D eigenvalue weighted by Gasteiger charge is 2.30. The topological polar surface area (TPSA) is 237 Å². The van der Waals surface area contributed by atoms with Crippen LogP contribution in [0.2, 0.25) is 0 Å². The second-order valence-corrected chi connectivity index (χ2v) is 28.8. The monoisotopic (exact) mass is 1540 g/mol. The summed E-state index contributed by atoms with van der Waals surface area (Å²) in [5, 5.41) is 10.6. The third kappa shape index (κ3) is 77.8. The molecule has 0 rings (SSSR count). The van der Waals surface area contributed by atoms with E-state index in [9.17, 15) is 43.2 Å². The maximum absolute atomic E-state index is 13.1. The predicted octanol–water partition coefficient (Wildman–Crippen LogP) is 23.9. The lowest BCUT2D eigenvalue weighted by Gasteiger charge is -2.21. The van der Waals surface area contributed by atoms with Crippen LogP contribution >= 0.6 is 15.6 Å². The van der Waals surface area contributed by atoms with Gasteiger partial charge in [-0.25, -0.2) is 9.13 Å². The van der Waals surface area contributed by atoms with Crippen LogP contribution in [0.15, 0.2) is 207 Å². The molecular weight excluding hydrogens is 1400 g/mol. The van der Waals surface area contributed by atoms with Crippen LogP contribution in [-0.2, 0) is 65.4 Å². The minimum absolute atomic E-state index is 0.0258. The van der Waals surface area contributed by atoms with Gasteiger partial charge in [-0.3, -0.25) is 37.3 Å². The van der Waals surface area contributed by atoms with Gasteiger partial charge in [0.15, 0.2) is 12.2 Å². The van der Waals surface area contributed by atoms with E-state index in [4.69, 9.17) is 37.0 Å². The first-order chi connectivity index (χ1) is 52.7. The van der Waals surface area contributed by atoms with Gasteiger partial charge in [0.25, 0.3) is 0 Å². The number of aliphatic hydroxyl groups is 1. The molecule has 0 aliphatic carbocycles. The number of allylic oxidation sites excluding steroid dienone is 34. The summed E-state index contributed by atoms with van der Waals surface area (Å²) in [7, 11) is -10.0. The molecule has 0 saturated heterocycles. The Morgan fingerprint density at radius 1 is 0.269 bits per heavy atom. The molecule has 5 unspecified atom stereocenters. The number of rotatable bonds is 73. The minimum Gasteiger partial charge on any atom is -0.462 e. The molecule has 0 heterocycles. The fraction of sp³-hybridized carbons (Fsp3) is 0.573. The van der Waals surface area contributed by atoms with Gasteiger partial charge in [-0.1, -0.05) is 279 Å². The SMILES string of the molecule is CC/C=C\C/C=C\C/C=C\C/C=C\C/C=C\C/C=C\CCC(=O)OCC(COP(=O)(O)OCC(O)COP(=O)(O)OCC(COC(=O)CCCCC/C=C\C/C=C\C/C=C\C/C=C\C/C=C\CC)OC(=O)CCCCC/C=C\C/C=C\C/C=C\C/C=C\C/C=C\CC)OC(=O)CCCCCCC/C=C\CCCC. The first-order valence-corrected chi connectivity index (χ1v) is 43.3. The Bertz CT molecular complexity index is 2860. The van der Waals surface area contributed by atoms with E-state index < -0.39 is 97.5 Å². The molecule has 0 aromatic heterocycles. The number of phosphoric acid groups is 2. The Kier molecular flexibility index (Phi) is 74.1. The van der Waals surface area contributed by atoms with Crippen molar-refractivity contribution in [3.05, 3.63) is 207 Å². The van der Waals surface area contributed by atoms with Crippen LogP contribution in [0.3, 0.4) is 0 Å². The van der Waals surface area contributed by atoms with Crippen molar-refractivity contribution in [1.29, 1.82) is 0 Å². The summed E-state index contributed by atoms with van der Waals surface area (Å²) in [5.41, 5.74) is 0. The van der Waals surface area contributed by atoms with E-state index in [1.54, 1.807) is 0 Å². The largest absolute Gasteiger partial charge is 0.472 e. The van der Waals surface area contributed by atoms with Crippen molar-refractivity contribution < 1.29 is 80.2 Å². The van der Waals surface area contributed by atoms with Crippen molar-refractivity contribution in [2.45, 2.75) is 290 Å². The van der Waals surface area contributed by atoms with Crippen LogP contribution < -0.4 is 0 Å². The average Bonchev–Trinajstić information content (AvgIpc) is 0.899. The van der Waals surface area contributed by atoms with Gasteiger partial charge in [-0.2, -0.15) is 0 Å². The van der Waals surface area contributed by atoms with E-state index >= 15 is 0 Å². The van der Waals surface area contributed by atoms with Crippen molar-refractivity contribution in [3.63, 3.8) is 0 Å². The summed E-state index contributed by atoms with van der Waals surface area (Å²) in [6, 6.07) is 0. The maximum atomic E-state index is 13.1. The molecule has 0 bridgehead atoms. The molecule has 608 valence electrons. The van der Waals surface area contributed by atoms with E-state index in [-0.39, 0.29) is 25.7 Å². The Morgan fingerprint density at radius 2 is 0.500 bits per heavy atom. The minimum atomic E-state index is -5.01. The zero-order valence-electron chi connectivity index (χ0n) is 66.4. The lowest BCUT2D eigenvalue weighted by atomic mass is 10.1. The molecule has 19 heteroatoms. The highest BCUT2D eigenvalue weighted by molar-refractivity contribution is 7.47. The van der Waals surface area contributed by atoms with E-state index in [0.717, 1.165) is 180 Å². The van der Waals surface area contributed by atoms with Crippen LogP contribution in [-0.4, -0.2) is 96.7 Å². The van der Waals surface area contributed by atoms with Crippen LogP contribution in [0.5, 0.6) is 0 Å². The van der Waals surface area contributed by atoms with Gasteiger partial charge < -0.3 is 33.8 Å². The molecular formula is C89H140O17P2. The van der Waals surface area contributed by atoms with Crippen LogP contribution in [0.25, 0.3) is 0 Å². The predicted molar refractivity (Wildman–Crippen MR) is 445 cm³/mol. The molecule has 0 aromatic rings. The lowest BCUT2D eigenvalue weighted by molar-refractivity contribution is -0.161. The molecule has 0 aliphatic rings. The van der Waals surface area contributed by atoms with Gasteiger partial charge in [0.05, 0.1) is 26.4 Å². The standard InChI is InChI=1S/C89H140O17P2/c1-5-9-13-17-21-25-29-32-35-38-41-44-47-50-54-57-61-65-69-73-86(91)99-79-84(105-88(93)75-71-67-63-59-53-28-24-20-16-12-8-4)81-103-107(95,96)101-77-83(90)78-102-108(97,98)104-82-85(106-89(94)76-72-68-64-60-56-52-49-46-43-40-37-34-31-27-23-19-15-11-7-3)80-100-87(92)74-70-66-62-58-55-51-48-45-42-39-36-33-30-26-22-18-14-10-6-2/h9-11,13-15,20-27,32-37,41-46,50-52,54-56,61,65,83-85,90H,5-8,12,16-19,28-31,38-40,47-49,53,57-60,62-64,66-82H2,1-4H3,(H,95,96)(H,97,98)/b13-9-,14-10-,15-11-,24-20-,25-21-,26-22-,27-23-,35-32-,36-33-,37-34-,44-41-,45-42-,46-43-,54-50-,55-51-,56-52-,65-61-. The maximum Gasteiger partial charge on any atom is 0.472 e. The summed E-state index contributed by atoms with van der Waals surface area (Å²) in [4.78, 5) is 73.0. The number of hydrogen-bond acceptors (Lipinski definition) is 15. The third-order valence-corrected chi connectivity index (χ3v) is 17.6. The van der Waals surface area contributed by atoms with Crippen molar-refractivity contribution in [1.82, 2.24) is 0 Å². The number of phosphoric ester groups is 2. The molecule has 0 aromatic carbocycles. The highest BCUT2D eigenvalue weighted by Crippen LogP contribution is 2.45. The van der Waals surface area contributed by atoms with Gasteiger partial charge in [0.1, 0.15) is 19.3 Å². The van der Waals surface area contributed by atoms with Gasteiger partial charge in [-0.05, 0) is 173 Å². The smallest absolute Gasteiger partial charge is 0.462 e. The summed E-state index contributed by atoms with van der Waals surface area (Å²) in [6.07, 6.45) is 98.3. The fourth-order valence-corrected chi connectivity index (χ4v) is 11.3. The van der Waals surface area contributed by atoms with E-state index in [2.05, 4.69) is 216 Å². The van der Waals surface area contributed by atoms with Crippen LogP contribution in [0.4, 0.5) is 0 Å². The zero-order chi connectivity index (χ0) is 78.9. The van der Waals surface area contributed by atoms with E-state index in [1.165, 1.54) is 6.42 Å². The Balaban J connectivity index is 5.50.